The molecule has 1 saturated heterocycles. The third kappa shape index (κ3) is 2.14. The Morgan fingerprint density at radius 3 is 2.65 bits per heavy atom. The standard InChI is InChI=1S/C14H19N3/c1-2-7-13(17-10-3-4-11-17)12(6-1)14-15-8-5-9-16-14/h1-2,6-7H,3-5,8-11H2,(H,15,16). The van der Waals surface area contributed by atoms with Gasteiger partial charge in [-0.3, -0.25) is 4.99 Å². The zero-order chi connectivity index (χ0) is 11.5. The number of anilines is 1. The molecule has 0 spiro atoms. The highest BCUT2D eigenvalue weighted by Crippen LogP contribution is 2.25. The topological polar surface area (TPSA) is 27.6 Å². The third-order valence-electron chi connectivity index (χ3n) is 3.50. The smallest absolute Gasteiger partial charge is 0.130 e. The van der Waals surface area contributed by atoms with Gasteiger partial charge in [0, 0.05) is 37.4 Å². The van der Waals surface area contributed by atoms with Gasteiger partial charge >= 0.3 is 0 Å². The molecule has 1 aromatic carbocycles. The molecular formula is C14H19N3. The Morgan fingerprint density at radius 2 is 1.88 bits per heavy atom. The number of hydrogen-bond donors (Lipinski definition) is 1. The molecule has 0 amide bonds. The van der Waals surface area contributed by atoms with Crippen LogP contribution in [0.15, 0.2) is 29.3 Å². The Balaban J connectivity index is 1.94. The minimum absolute atomic E-state index is 0.955. The van der Waals surface area contributed by atoms with E-state index in [1.807, 2.05) is 0 Å². The van der Waals surface area contributed by atoms with Crippen LogP contribution in [0, 0.1) is 0 Å². The number of aliphatic imine (C=N–C) groups is 1. The van der Waals surface area contributed by atoms with Crippen LogP contribution in [-0.4, -0.2) is 32.0 Å². The van der Waals surface area contributed by atoms with E-state index in [1.165, 1.54) is 37.2 Å². The van der Waals surface area contributed by atoms with Gasteiger partial charge in [-0.25, -0.2) is 0 Å². The number of amidine groups is 1. The molecule has 0 saturated carbocycles. The zero-order valence-corrected chi connectivity index (χ0v) is 10.2. The Kier molecular flexibility index (Phi) is 2.99. The van der Waals surface area contributed by atoms with Crippen molar-refractivity contribution in [3.8, 4) is 0 Å². The molecule has 1 aromatic rings. The summed E-state index contributed by atoms with van der Waals surface area (Å²) in [6.07, 6.45) is 3.78. The lowest BCUT2D eigenvalue weighted by atomic mass is 10.1. The molecule has 0 unspecified atom stereocenters. The Bertz CT molecular complexity index is 419. The number of hydrogen-bond acceptors (Lipinski definition) is 3. The predicted molar refractivity (Wildman–Crippen MR) is 71.9 cm³/mol. The van der Waals surface area contributed by atoms with Crippen LogP contribution >= 0.6 is 0 Å². The van der Waals surface area contributed by atoms with E-state index in [2.05, 4.69) is 39.5 Å². The normalized spacial score (nSPS) is 20.0. The van der Waals surface area contributed by atoms with Gasteiger partial charge in [-0.2, -0.15) is 0 Å². The third-order valence-corrected chi connectivity index (χ3v) is 3.50. The monoisotopic (exact) mass is 229 g/mol. The molecule has 0 radical (unpaired) electrons. The summed E-state index contributed by atoms with van der Waals surface area (Å²) < 4.78 is 0. The van der Waals surface area contributed by atoms with Gasteiger partial charge in [-0.05, 0) is 31.4 Å². The van der Waals surface area contributed by atoms with E-state index >= 15 is 0 Å². The first-order chi connectivity index (χ1) is 8.45. The molecule has 90 valence electrons. The van der Waals surface area contributed by atoms with Crippen LogP contribution in [0.1, 0.15) is 24.8 Å². The second-order valence-electron chi connectivity index (χ2n) is 4.72. The van der Waals surface area contributed by atoms with Crippen LogP contribution in [-0.2, 0) is 0 Å². The summed E-state index contributed by atoms with van der Waals surface area (Å²) in [5, 5.41) is 3.42. The van der Waals surface area contributed by atoms with Crippen molar-refractivity contribution in [2.24, 2.45) is 4.99 Å². The van der Waals surface area contributed by atoms with Gasteiger partial charge in [0.25, 0.3) is 0 Å². The molecule has 3 rings (SSSR count). The van der Waals surface area contributed by atoms with Crippen LogP contribution in [0.5, 0.6) is 0 Å². The first-order valence-electron chi connectivity index (χ1n) is 6.58. The van der Waals surface area contributed by atoms with Crippen molar-refractivity contribution in [3.05, 3.63) is 29.8 Å². The fourth-order valence-corrected chi connectivity index (χ4v) is 2.62. The highest BCUT2D eigenvalue weighted by atomic mass is 15.2. The lowest BCUT2D eigenvalue weighted by Crippen LogP contribution is -2.32. The van der Waals surface area contributed by atoms with Crippen LogP contribution in [0.25, 0.3) is 0 Å². The van der Waals surface area contributed by atoms with Gasteiger partial charge in [0.1, 0.15) is 5.84 Å². The number of nitrogens with zero attached hydrogens (tertiary/aromatic N) is 2. The van der Waals surface area contributed by atoms with Gasteiger partial charge in [0.05, 0.1) is 0 Å². The van der Waals surface area contributed by atoms with Crippen molar-refractivity contribution in [2.45, 2.75) is 19.3 Å². The fourth-order valence-electron chi connectivity index (χ4n) is 2.62. The zero-order valence-electron chi connectivity index (χ0n) is 10.2. The van der Waals surface area contributed by atoms with E-state index in [0.29, 0.717) is 0 Å². The average Bonchev–Trinajstić information content (AvgIpc) is 2.94. The van der Waals surface area contributed by atoms with Crippen molar-refractivity contribution in [1.29, 1.82) is 0 Å². The second kappa shape index (κ2) is 4.78. The quantitative estimate of drug-likeness (QED) is 0.840. The molecule has 0 aromatic heterocycles. The molecule has 3 nitrogen and oxygen atoms in total. The molecule has 0 aliphatic carbocycles. The molecule has 0 bridgehead atoms. The molecule has 0 atom stereocenters. The maximum atomic E-state index is 4.61. The Morgan fingerprint density at radius 1 is 1.06 bits per heavy atom. The minimum atomic E-state index is 0.955. The van der Waals surface area contributed by atoms with E-state index in [0.717, 1.165) is 25.3 Å². The molecular weight excluding hydrogens is 210 g/mol. The number of benzene rings is 1. The highest BCUT2D eigenvalue weighted by Gasteiger charge is 2.18. The molecule has 2 aliphatic rings. The van der Waals surface area contributed by atoms with E-state index in [9.17, 15) is 0 Å². The number of para-hydroxylation sites is 1. The van der Waals surface area contributed by atoms with Gasteiger partial charge in [-0.15, -0.1) is 0 Å². The van der Waals surface area contributed by atoms with E-state index < -0.39 is 0 Å². The summed E-state index contributed by atoms with van der Waals surface area (Å²) >= 11 is 0. The Labute approximate surface area is 103 Å². The summed E-state index contributed by atoms with van der Waals surface area (Å²) in [5.74, 6) is 1.08. The van der Waals surface area contributed by atoms with Crippen molar-refractivity contribution >= 4 is 11.5 Å². The molecule has 17 heavy (non-hydrogen) atoms. The molecule has 3 heteroatoms. The Hall–Kier alpha value is -1.51. The van der Waals surface area contributed by atoms with Crippen LogP contribution in [0.2, 0.25) is 0 Å². The van der Waals surface area contributed by atoms with Crippen molar-refractivity contribution in [3.63, 3.8) is 0 Å². The van der Waals surface area contributed by atoms with Crippen molar-refractivity contribution < 1.29 is 0 Å². The van der Waals surface area contributed by atoms with E-state index in [4.69, 9.17) is 0 Å². The SMILES string of the molecule is c1ccc(N2CCCC2)c(C2=NCCCN2)c1. The molecule has 2 heterocycles. The van der Waals surface area contributed by atoms with Gasteiger partial charge in [0.15, 0.2) is 0 Å². The first-order valence-corrected chi connectivity index (χ1v) is 6.58. The molecule has 1 N–H and O–H groups in total. The minimum Gasteiger partial charge on any atom is -0.371 e. The van der Waals surface area contributed by atoms with E-state index in [-0.39, 0.29) is 0 Å². The summed E-state index contributed by atoms with van der Waals surface area (Å²) in [7, 11) is 0. The van der Waals surface area contributed by atoms with Crippen LogP contribution in [0.4, 0.5) is 5.69 Å². The van der Waals surface area contributed by atoms with Gasteiger partial charge in [-0.1, -0.05) is 12.1 Å². The maximum Gasteiger partial charge on any atom is 0.130 e. The lowest BCUT2D eigenvalue weighted by Gasteiger charge is -2.23. The lowest BCUT2D eigenvalue weighted by molar-refractivity contribution is 0.742. The molecule has 2 aliphatic heterocycles. The van der Waals surface area contributed by atoms with Crippen LogP contribution < -0.4 is 10.2 Å². The van der Waals surface area contributed by atoms with Crippen molar-refractivity contribution in [2.75, 3.05) is 31.1 Å². The summed E-state index contributed by atoms with van der Waals surface area (Å²) in [6, 6.07) is 8.64. The highest BCUT2D eigenvalue weighted by molar-refractivity contribution is 6.04. The van der Waals surface area contributed by atoms with Crippen LogP contribution in [0.3, 0.4) is 0 Å². The largest absolute Gasteiger partial charge is 0.371 e. The fraction of sp³-hybridized carbons (Fsp3) is 0.500. The van der Waals surface area contributed by atoms with Gasteiger partial charge < -0.3 is 10.2 Å². The number of rotatable bonds is 2. The first kappa shape index (κ1) is 10.6. The summed E-state index contributed by atoms with van der Waals surface area (Å²) in [5.41, 5.74) is 2.62. The predicted octanol–water partition coefficient (Wildman–Crippen LogP) is 2.03. The van der Waals surface area contributed by atoms with E-state index in [1.54, 1.807) is 0 Å². The molecule has 1 fully saturated rings. The maximum absolute atomic E-state index is 4.61. The number of nitrogens with one attached hydrogen (secondary N) is 1. The average molecular weight is 229 g/mol. The second-order valence-corrected chi connectivity index (χ2v) is 4.72. The van der Waals surface area contributed by atoms with Gasteiger partial charge in [0.2, 0.25) is 0 Å². The summed E-state index contributed by atoms with van der Waals surface area (Å²) in [4.78, 5) is 7.09. The van der Waals surface area contributed by atoms with Crippen molar-refractivity contribution in [1.82, 2.24) is 5.32 Å². The summed E-state index contributed by atoms with van der Waals surface area (Å²) in [6.45, 7) is 4.37.